The van der Waals surface area contributed by atoms with Gasteiger partial charge in [0, 0.05) is 5.56 Å². The molecule has 0 bridgehead atoms. The number of hydrogen-bond donors (Lipinski definition) is 0. The van der Waals surface area contributed by atoms with Gasteiger partial charge in [0.2, 0.25) is 0 Å². The Morgan fingerprint density at radius 2 is 1.21 bits per heavy atom. The van der Waals surface area contributed by atoms with Crippen LogP contribution in [0, 0.1) is 13.8 Å². The minimum Gasteiger partial charge on any atom is -0.289 e. The zero-order valence-electron chi connectivity index (χ0n) is 16.1. The summed E-state index contributed by atoms with van der Waals surface area (Å²) in [5, 5.41) is 0. The molecule has 136 valence electrons. The van der Waals surface area contributed by atoms with E-state index in [0.29, 0.717) is 0 Å². The molecule has 0 atom stereocenters. The van der Waals surface area contributed by atoms with Crippen LogP contribution in [0.1, 0.15) is 38.2 Å². The molecule has 0 fully saturated rings. The Morgan fingerprint density at radius 1 is 0.679 bits per heavy atom. The molecule has 0 aliphatic heterocycles. The highest BCUT2D eigenvalue weighted by Gasteiger charge is 2.15. The third kappa shape index (κ3) is 3.39. The highest BCUT2D eigenvalue weighted by atomic mass is 16.1. The number of ketones is 1. The summed E-state index contributed by atoms with van der Waals surface area (Å²) < 4.78 is 0. The monoisotopic (exact) mass is 362 g/mol. The van der Waals surface area contributed by atoms with Crippen LogP contribution in [-0.2, 0) is 0 Å². The minimum atomic E-state index is 0.0646. The summed E-state index contributed by atoms with van der Waals surface area (Å²) in [4.78, 5) is 12.2. The molecule has 1 heteroatoms. The number of carbonyl (C=O) groups excluding carboxylic acids is 1. The Morgan fingerprint density at radius 3 is 1.82 bits per heavy atom. The second-order valence-electron chi connectivity index (χ2n) is 7.08. The Kier molecular flexibility index (Phi) is 4.90. The number of fused-ring (bicyclic) bond motifs is 1. The Bertz CT molecular complexity index is 1090. The van der Waals surface area contributed by atoms with E-state index in [9.17, 15) is 4.79 Å². The van der Waals surface area contributed by atoms with E-state index in [4.69, 9.17) is 0 Å². The molecule has 1 nitrogen and oxygen atoms in total. The van der Waals surface area contributed by atoms with E-state index >= 15 is 0 Å². The van der Waals surface area contributed by atoms with Gasteiger partial charge in [-0.15, -0.1) is 0 Å². The molecule has 1 aliphatic rings. The van der Waals surface area contributed by atoms with Crippen LogP contribution in [0.4, 0.5) is 0 Å². The molecule has 3 aromatic carbocycles. The van der Waals surface area contributed by atoms with Crippen molar-refractivity contribution in [2.75, 3.05) is 0 Å². The van der Waals surface area contributed by atoms with Crippen molar-refractivity contribution >= 4 is 16.9 Å². The predicted molar refractivity (Wildman–Crippen MR) is 117 cm³/mol. The summed E-state index contributed by atoms with van der Waals surface area (Å²) in [5.74, 6) is 0.0646. The van der Waals surface area contributed by atoms with Gasteiger partial charge >= 0.3 is 0 Å². The van der Waals surface area contributed by atoms with Gasteiger partial charge in [0.25, 0.3) is 0 Å². The maximum absolute atomic E-state index is 12.2. The molecule has 3 aromatic rings. The standard InChI is InChI=1S/C27H22O/c1-19-9-3-5-11-22(19)25(23-12-6-4-10-20(23)2)17-15-21-16-18-27(28)26-14-8-7-13-24(21)26/h3-18H,1-2H3/b21-15+. The molecule has 1 aliphatic carbocycles. The minimum absolute atomic E-state index is 0.0646. The SMILES string of the molecule is Cc1ccccc1C(=C/C=C1\C=CC(=O)c2ccccc21)c1ccccc1C. The van der Waals surface area contributed by atoms with Crippen LogP contribution in [0.15, 0.2) is 97.1 Å². The maximum atomic E-state index is 12.2. The molecule has 0 saturated carbocycles. The van der Waals surface area contributed by atoms with Crippen LogP contribution in [0.5, 0.6) is 0 Å². The molecule has 0 spiro atoms. The van der Waals surface area contributed by atoms with Gasteiger partial charge in [-0.05, 0) is 58.9 Å². The molecule has 0 aromatic heterocycles. The largest absolute Gasteiger partial charge is 0.289 e. The second-order valence-corrected chi connectivity index (χ2v) is 7.08. The summed E-state index contributed by atoms with van der Waals surface area (Å²) in [6.07, 6.45) is 7.87. The molecule has 0 amide bonds. The molecular formula is C27H22O. The van der Waals surface area contributed by atoms with Gasteiger partial charge in [0.1, 0.15) is 0 Å². The fraction of sp³-hybridized carbons (Fsp3) is 0.0741. The van der Waals surface area contributed by atoms with Gasteiger partial charge in [0.15, 0.2) is 5.78 Å². The van der Waals surface area contributed by atoms with Crippen LogP contribution < -0.4 is 0 Å². The quantitative estimate of drug-likeness (QED) is 0.515. The van der Waals surface area contributed by atoms with Crippen LogP contribution in [0.3, 0.4) is 0 Å². The van der Waals surface area contributed by atoms with E-state index in [1.54, 1.807) is 6.08 Å². The lowest BCUT2D eigenvalue weighted by atomic mass is 9.89. The Hall–Kier alpha value is -3.45. The third-order valence-corrected chi connectivity index (χ3v) is 5.22. The predicted octanol–water partition coefficient (Wildman–Crippen LogP) is 6.57. The number of benzene rings is 3. The number of hydrogen-bond acceptors (Lipinski definition) is 1. The normalized spacial score (nSPS) is 14.1. The molecule has 28 heavy (non-hydrogen) atoms. The van der Waals surface area contributed by atoms with Crippen molar-refractivity contribution in [2.24, 2.45) is 0 Å². The van der Waals surface area contributed by atoms with E-state index in [1.165, 1.54) is 27.8 Å². The lowest BCUT2D eigenvalue weighted by molar-refractivity contribution is 0.104. The molecule has 0 saturated heterocycles. The maximum Gasteiger partial charge on any atom is 0.186 e. The molecule has 4 rings (SSSR count). The van der Waals surface area contributed by atoms with Gasteiger partial charge in [-0.2, -0.15) is 0 Å². The summed E-state index contributed by atoms with van der Waals surface area (Å²) in [7, 11) is 0. The van der Waals surface area contributed by atoms with Crippen LogP contribution in [0.25, 0.3) is 11.1 Å². The summed E-state index contributed by atoms with van der Waals surface area (Å²) >= 11 is 0. The highest BCUT2D eigenvalue weighted by Crippen LogP contribution is 2.31. The number of aryl methyl sites for hydroxylation is 2. The molecule has 0 unspecified atom stereocenters. The lowest BCUT2D eigenvalue weighted by Crippen LogP contribution is -2.04. The van der Waals surface area contributed by atoms with Crippen molar-refractivity contribution in [2.45, 2.75) is 13.8 Å². The zero-order chi connectivity index (χ0) is 19.5. The van der Waals surface area contributed by atoms with E-state index in [2.05, 4.69) is 74.5 Å². The first-order chi connectivity index (χ1) is 13.6. The average Bonchev–Trinajstić information content (AvgIpc) is 2.72. The first kappa shape index (κ1) is 17.9. The highest BCUT2D eigenvalue weighted by molar-refractivity contribution is 6.12. The van der Waals surface area contributed by atoms with Crippen molar-refractivity contribution in [3.63, 3.8) is 0 Å². The lowest BCUT2D eigenvalue weighted by Gasteiger charge is -2.15. The van der Waals surface area contributed by atoms with Crippen molar-refractivity contribution < 1.29 is 4.79 Å². The smallest absolute Gasteiger partial charge is 0.186 e. The number of carbonyl (C=O) groups is 1. The molecule has 0 heterocycles. The van der Waals surface area contributed by atoms with Crippen LogP contribution in [0.2, 0.25) is 0 Å². The van der Waals surface area contributed by atoms with Gasteiger partial charge < -0.3 is 0 Å². The Labute approximate surface area is 166 Å². The van der Waals surface area contributed by atoms with Gasteiger partial charge in [-0.3, -0.25) is 4.79 Å². The van der Waals surface area contributed by atoms with E-state index in [0.717, 1.165) is 16.7 Å². The summed E-state index contributed by atoms with van der Waals surface area (Å²) in [6.45, 7) is 4.28. The van der Waals surface area contributed by atoms with Crippen LogP contribution in [-0.4, -0.2) is 5.78 Å². The molecule has 0 N–H and O–H groups in total. The fourth-order valence-corrected chi connectivity index (χ4v) is 3.69. The van der Waals surface area contributed by atoms with Gasteiger partial charge in [0.05, 0.1) is 0 Å². The summed E-state index contributed by atoms with van der Waals surface area (Å²) in [5.41, 5.74) is 8.91. The topological polar surface area (TPSA) is 17.1 Å². The van der Waals surface area contributed by atoms with E-state index in [1.807, 2.05) is 30.3 Å². The second kappa shape index (κ2) is 7.66. The first-order valence-corrected chi connectivity index (χ1v) is 9.51. The van der Waals surface area contributed by atoms with Crippen molar-refractivity contribution in [3.05, 3.63) is 130 Å². The zero-order valence-corrected chi connectivity index (χ0v) is 16.1. The Balaban J connectivity index is 1.89. The molecule has 0 radical (unpaired) electrons. The molecular weight excluding hydrogens is 340 g/mol. The number of allylic oxidation sites excluding steroid dienone is 5. The van der Waals surface area contributed by atoms with Crippen molar-refractivity contribution in [1.29, 1.82) is 0 Å². The average molecular weight is 362 g/mol. The first-order valence-electron chi connectivity index (χ1n) is 9.51. The van der Waals surface area contributed by atoms with Crippen LogP contribution >= 0.6 is 0 Å². The van der Waals surface area contributed by atoms with E-state index in [-0.39, 0.29) is 5.78 Å². The van der Waals surface area contributed by atoms with Gasteiger partial charge in [-0.1, -0.05) is 91.0 Å². The van der Waals surface area contributed by atoms with Crippen molar-refractivity contribution in [1.82, 2.24) is 0 Å². The van der Waals surface area contributed by atoms with E-state index < -0.39 is 0 Å². The third-order valence-electron chi connectivity index (χ3n) is 5.22. The number of rotatable bonds is 3. The van der Waals surface area contributed by atoms with Gasteiger partial charge in [-0.25, -0.2) is 0 Å². The fourth-order valence-electron chi connectivity index (χ4n) is 3.69. The van der Waals surface area contributed by atoms with Crippen molar-refractivity contribution in [3.8, 4) is 0 Å². The summed E-state index contributed by atoms with van der Waals surface area (Å²) in [6, 6.07) is 24.7.